The largest absolute Gasteiger partial charge is 0.368 e. The van der Waals surface area contributed by atoms with Gasteiger partial charge >= 0.3 is 0 Å². The minimum Gasteiger partial charge on any atom is -0.368 e. The van der Waals surface area contributed by atoms with Gasteiger partial charge in [-0.15, -0.1) is 0 Å². The van der Waals surface area contributed by atoms with Crippen molar-refractivity contribution in [3.8, 4) is 0 Å². The standard InChI is InChI=1S/C20H23N3O3S/c24-20(17-21-27(25,26)16-11-18-7-3-1-4-8-18)23-14-12-22(13-15-23)19-9-5-2-6-10-19/h1-11,16,21H,12-15,17H2. The maximum atomic E-state index is 12.3. The summed E-state index contributed by atoms with van der Waals surface area (Å²) in [6, 6.07) is 19.2. The van der Waals surface area contributed by atoms with Gasteiger partial charge in [0.15, 0.2) is 0 Å². The van der Waals surface area contributed by atoms with Crippen LogP contribution in [0.15, 0.2) is 66.1 Å². The molecule has 1 heterocycles. The molecule has 1 aliphatic heterocycles. The molecule has 0 radical (unpaired) electrons. The Labute approximate surface area is 160 Å². The van der Waals surface area contributed by atoms with Crippen LogP contribution in [0.25, 0.3) is 6.08 Å². The molecule has 27 heavy (non-hydrogen) atoms. The first kappa shape index (κ1) is 19.1. The molecule has 142 valence electrons. The molecule has 0 bridgehead atoms. The Balaban J connectivity index is 1.47. The van der Waals surface area contributed by atoms with Crippen molar-refractivity contribution in [2.75, 3.05) is 37.6 Å². The summed E-state index contributed by atoms with van der Waals surface area (Å²) in [6.07, 6.45) is 1.51. The van der Waals surface area contributed by atoms with E-state index in [1.165, 1.54) is 6.08 Å². The van der Waals surface area contributed by atoms with Gasteiger partial charge in [-0.2, -0.15) is 0 Å². The van der Waals surface area contributed by atoms with Gasteiger partial charge in [0.25, 0.3) is 0 Å². The van der Waals surface area contributed by atoms with Gasteiger partial charge in [-0.25, -0.2) is 13.1 Å². The van der Waals surface area contributed by atoms with Gasteiger partial charge in [0.05, 0.1) is 6.54 Å². The first-order valence-electron chi connectivity index (χ1n) is 8.84. The lowest BCUT2D eigenvalue weighted by atomic mass is 10.2. The van der Waals surface area contributed by atoms with E-state index in [1.807, 2.05) is 60.7 Å². The molecule has 0 aliphatic carbocycles. The zero-order valence-electron chi connectivity index (χ0n) is 15.0. The van der Waals surface area contributed by atoms with Crippen LogP contribution in [-0.2, 0) is 14.8 Å². The summed E-state index contributed by atoms with van der Waals surface area (Å²) >= 11 is 0. The van der Waals surface area contributed by atoms with Crippen LogP contribution in [0.5, 0.6) is 0 Å². The number of anilines is 1. The van der Waals surface area contributed by atoms with Crippen molar-refractivity contribution < 1.29 is 13.2 Å². The van der Waals surface area contributed by atoms with Gasteiger partial charge in [0.2, 0.25) is 15.9 Å². The quantitative estimate of drug-likeness (QED) is 0.825. The van der Waals surface area contributed by atoms with E-state index in [9.17, 15) is 13.2 Å². The molecule has 0 atom stereocenters. The maximum Gasteiger partial charge on any atom is 0.237 e. The number of amides is 1. The summed E-state index contributed by atoms with van der Waals surface area (Å²) in [5.74, 6) is -0.209. The third-order valence-electron chi connectivity index (χ3n) is 4.42. The van der Waals surface area contributed by atoms with Crippen molar-refractivity contribution >= 4 is 27.7 Å². The van der Waals surface area contributed by atoms with E-state index >= 15 is 0 Å². The van der Waals surface area contributed by atoms with Gasteiger partial charge in [-0.05, 0) is 23.8 Å². The van der Waals surface area contributed by atoms with Gasteiger partial charge < -0.3 is 9.80 Å². The minimum atomic E-state index is -3.66. The van der Waals surface area contributed by atoms with E-state index in [-0.39, 0.29) is 12.5 Å². The molecule has 0 saturated carbocycles. The maximum absolute atomic E-state index is 12.3. The molecule has 1 saturated heterocycles. The zero-order chi connectivity index (χ0) is 19.1. The van der Waals surface area contributed by atoms with Crippen molar-refractivity contribution in [2.24, 2.45) is 0 Å². The Bertz CT molecular complexity index is 875. The second-order valence-corrected chi connectivity index (χ2v) is 7.93. The number of nitrogens with zero attached hydrogens (tertiary/aromatic N) is 2. The van der Waals surface area contributed by atoms with E-state index in [0.29, 0.717) is 13.1 Å². The smallest absolute Gasteiger partial charge is 0.237 e. The molecule has 1 amide bonds. The minimum absolute atomic E-state index is 0.209. The predicted molar refractivity (Wildman–Crippen MR) is 108 cm³/mol. The van der Waals surface area contributed by atoms with E-state index in [4.69, 9.17) is 0 Å². The normalized spacial score (nSPS) is 15.3. The highest BCUT2D eigenvalue weighted by Gasteiger charge is 2.22. The third-order valence-corrected chi connectivity index (χ3v) is 5.46. The number of benzene rings is 2. The topological polar surface area (TPSA) is 69.7 Å². The Morgan fingerprint density at radius 2 is 1.52 bits per heavy atom. The van der Waals surface area contributed by atoms with Crippen LogP contribution in [0.4, 0.5) is 5.69 Å². The van der Waals surface area contributed by atoms with Crippen LogP contribution in [0.2, 0.25) is 0 Å². The number of para-hydroxylation sites is 1. The number of rotatable bonds is 6. The second kappa shape index (κ2) is 8.83. The summed E-state index contributed by atoms with van der Waals surface area (Å²) in [6.45, 7) is 2.39. The number of nitrogens with one attached hydrogen (secondary N) is 1. The highest BCUT2D eigenvalue weighted by molar-refractivity contribution is 7.92. The van der Waals surface area contributed by atoms with E-state index in [2.05, 4.69) is 9.62 Å². The van der Waals surface area contributed by atoms with Crippen molar-refractivity contribution in [1.82, 2.24) is 9.62 Å². The number of sulfonamides is 1. The van der Waals surface area contributed by atoms with Crippen molar-refractivity contribution in [1.29, 1.82) is 0 Å². The monoisotopic (exact) mass is 385 g/mol. The van der Waals surface area contributed by atoms with Crippen molar-refractivity contribution in [3.63, 3.8) is 0 Å². The van der Waals surface area contributed by atoms with Gasteiger partial charge in [-0.1, -0.05) is 48.5 Å². The summed E-state index contributed by atoms with van der Waals surface area (Å²) in [7, 11) is -3.66. The molecular weight excluding hydrogens is 362 g/mol. The molecule has 2 aromatic rings. The average molecular weight is 385 g/mol. The van der Waals surface area contributed by atoms with Crippen LogP contribution in [0, 0.1) is 0 Å². The molecule has 1 fully saturated rings. The fraction of sp³-hybridized carbons (Fsp3) is 0.250. The number of carbonyl (C=O) groups is 1. The van der Waals surface area contributed by atoms with Crippen LogP contribution >= 0.6 is 0 Å². The number of hydrogen-bond donors (Lipinski definition) is 1. The summed E-state index contributed by atoms with van der Waals surface area (Å²) in [5.41, 5.74) is 1.92. The van der Waals surface area contributed by atoms with Crippen molar-refractivity contribution in [2.45, 2.75) is 0 Å². The lowest BCUT2D eigenvalue weighted by Crippen LogP contribution is -2.51. The van der Waals surface area contributed by atoms with Gasteiger partial charge in [-0.3, -0.25) is 4.79 Å². The van der Waals surface area contributed by atoms with Crippen LogP contribution in [0.1, 0.15) is 5.56 Å². The highest BCUT2D eigenvalue weighted by atomic mass is 32.2. The van der Waals surface area contributed by atoms with Crippen LogP contribution < -0.4 is 9.62 Å². The first-order valence-corrected chi connectivity index (χ1v) is 10.4. The summed E-state index contributed by atoms with van der Waals surface area (Å²) in [5, 5.41) is 1.09. The molecule has 0 aromatic heterocycles. The lowest BCUT2D eigenvalue weighted by Gasteiger charge is -2.36. The molecule has 1 aliphatic rings. The fourth-order valence-electron chi connectivity index (χ4n) is 2.91. The Kier molecular flexibility index (Phi) is 6.26. The van der Waals surface area contributed by atoms with E-state index < -0.39 is 10.0 Å². The Morgan fingerprint density at radius 3 is 2.15 bits per heavy atom. The SMILES string of the molecule is O=C(CNS(=O)(=O)C=Cc1ccccc1)N1CCN(c2ccccc2)CC1. The number of hydrogen-bond acceptors (Lipinski definition) is 4. The first-order chi connectivity index (χ1) is 13.0. The fourth-order valence-corrected chi connectivity index (χ4v) is 3.66. The van der Waals surface area contributed by atoms with E-state index in [0.717, 1.165) is 29.7 Å². The molecule has 6 nitrogen and oxygen atoms in total. The Morgan fingerprint density at radius 1 is 0.926 bits per heavy atom. The number of carbonyl (C=O) groups excluding carboxylic acids is 1. The summed E-state index contributed by atoms with van der Waals surface area (Å²) < 4.78 is 26.5. The molecule has 0 spiro atoms. The Hall–Kier alpha value is -2.64. The molecule has 1 N–H and O–H groups in total. The molecule has 2 aromatic carbocycles. The summed E-state index contributed by atoms with van der Waals surface area (Å²) in [4.78, 5) is 16.2. The third kappa shape index (κ3) is 5.67. The average Bonchev–Trinajstić information content (AvgIpc) is 2.72. The zero-order valence-corrected chi connectivity index (χ0v) is 15.8. The molecule has 3 rings (SSSR count). The van der Waals surface area contributed by atoms with Gasteiger partial charge in [0, 0.05) is 37.3 Å². The van der Waals surface area contributed by atoms with Crippen LogP contribution in [-0.4, -0.2) is 51.9 Å². The predicted octanol–water partition coefficient (Wildman–Crippen LogP) is 1.93. The number of piperazine rings is 1. The lowest BCUT2D eigenvalue weighted by molar-refractivity contribution is -0.130. The second-order valence-electron chi connectivity index (χ2n) is 6.28. The van der Waals surface area contributed by atoms with E-state index in [1.54, 1.807) is 4.90 Å². The van der Waals surface area contributed by atoms with Crippen molar-refractivity contribution in [3.05, 3.63) is 71.6 Å². The highest BCUT2D eigenvalue weighted by Crippen LogP contribution is 2.15. The molecule has 7 heteroatoms. The van der Waals surface area contributed by atoms with Crippen LogP contribution in [0.3, 0.4) is 0 Å². The van der Waals surface area contributed by atoms with Gasteiger partial charge in [0.1, 0.15) is 0 Å². The molecule has 0 unspecified atom stereocenters. The molecular formula is C20H23N3O3S.